The molecule has 0 radical (unpaired) electrons. The Morgan fingerprint density at radius 2 is 2.15 bits per heavy atom. The molecule has 1 saturated carbocycles. The van der Waals surface area contributed by atoms with Crippen LogP contribution in [0.15, 0.2) is 10.4 Å². The van der Waals surface area contributed by atoms with E-state index in [-0.39, 0.29) is 41.8 Å². The molecule has 5 nitrogen and oxygen atoms in total. The molecule has 1 aromatic heterocycles. The number of aliphatic imine (C=N–C) groups is 1. The van der Waals surface area contributed by atoms with Gasteiger partial charge in [0.05, 0.1) is 6.54 Å². The first-order valence-corrected chi connectivity index (χ1v) is 11.0. The van der Waals surface area contributed by atoms with E-state index < -0.39 is 22.7 Å². The van der Waals surface area contributed by atoms with Crippen molar-refractivity contribution in [3.63, 3.8) is 0 Å². The molecule has 0 amide bonds. The number of rotatable bonds is 6. The Balaban J connectivity index is 0.00000364. The van der Waals surface area contributed by atoms with Crippen molar-refractivity contribution in [2.45, 2.75) is 63.5 Å². The Kier molecular flexibility index (Phi) is 10.5. The summed E-state index contributed by atoms with van der Waals surface area (Å²) in [5.74, 6) is 1.22. The number of hydrogen-bond acceptors (Lipinski definition) is 4. The minimum Gasteiger partial charge on any atom is -0.357 e. The van der Waals surface area contributed by atoms with Crippen LogP contribution in [0.5, 0.6) is 0 Å². The molecule has 0 spiro atoms. The molecule has 27 heavy (non-hydrogen) atoms. The van der Waals surface area contributed by atoms with E-state index in [0.717, 1.165) is 42.4 Å². The molecule has 0 aromatic carbocycles. The molecular weight excluding hydrogens is 512 g/mol. The summed E-state index contributed by atoms with van der Waals surface area (Å²) in [6.45, 7) is 4.60. The van der Waals surface area contributed by atoms with E-state index in [0.29, 0.717) is 23.3 Å². The number of guanidine groups is 1. The number of alkyl halides is 3. The van der Waals surface area contributed by atoms with E-state index in [9.17, 15) is 17.4 Å². The third-order valence-electron chi connectivity index (χ3n) is 4.18. The molecule has 0 bridgehead atoms. The molecule has 1 fully saturated rings. The summed E-state index contributed by atoms with van der Waals surface area (Å²) in [6, 6.07) is 0.170. The van der Waals surface area contributed by atoms with E-state index >= 15 is 0 Å². The predicted molar refractivity (Wildman–Crippen MR) is 115 cm³/mol. The van der Waals surface area contributed by atoms with Crippen LogP contribution in [0.3, 0.4) is 0 Å². The maximum absolute atomic E-state index is 12.6. The van der Waals surface area contributed by atoms with Gasteiger partial charge in [0.25, 0.3) is 0 Å². The van der Waals surface area contributed by atoms with E-state index in [2.05, 4.69) is 20.6 Å². The Bertz CT molecular complexity index is 639. The Morgan fingerprint density at radius 3 is 2.74 bits per heavy atom. The van der Waals surface area contributed by atoms with Crippen molar-refractivity contribution in [2.75, 3.05) is 12.3 Å². The zero-order valence-corrected chi connectivity index (χ0v) is 19.3. The average Bonchev–Trinajstić information content (AvgIpc) is 3.09. The fourth-order valence-electron chi connectivity index (χ4n) is 2.92. The van der Waals surface area contributed by atoms with Crippen LogP contribution < -0.4 is 10.6 Å². The van der Waals surface area contributed by atoms with Crippen LogP contribution >= 0.6 is 35.3 Å². The summed E-state index contributed by atoms with van der Waals surface area (Å²) in [5.41, 5.74) is -0.872. The quantitative estimate of drug-likeness (QED) is 0.328. The molecular formula is C16H26F3IN4OS2. The first-order chi connectivity index (χ1) is 12.3. The van der Waals surface area contributed by atoms with Crippen molar-refractivity contribution in [3.8, 4) is 0 Å². The lowest BCUT2D eigenvalue weighted by atomic mass is 9.95. The van der Waals surface area contributed by atoms with Crippen molar-refractivity contribution in [1.82, 2.24) is 15.6 Å². The summed E-state index contributed by atoms with van der Waals surface area (Å²) in [4.78, 5) is 7.96. The lowest BCUT2D eigenvalue weighted by molar-refractivity contribution is -0.140. The summed E-state index contributed by atoms with van der Waals surface area (Å²) in [6.07, 6.45) is -0.647. The van der Waals surface area contributed by atoms with Gasteiger partial charge in [-0.05, 0) is 26.2 Å². The van der Waals surface area contributed by atoms with E-state index in [1.807, 2.05) is 13.8 Å². The largest absolute Gasteiger partial charge is 0.434 e. The third-order valence-corrected chi connectivity index (χ3v) is 6.76. The second kappa shape index (κ2) is 11.5. The minimum absolute atomic E-state index is 0. The van der Waals surface area contributed by atoms with Crippen LogP contribution in [0, 0.1) is 0 Å². The van der Waals surface area contributed by atoms with Gasteiger partial charge in [-0.3, -0.25) is 4.21 Å². The zero-order valence-electron chi connectivity index (χ0n) is 15.3. The Labute approximate surface area is 181 Å². The van der Waals surface area contributed by atoms with Gasteiger partial charge < -0.3 is 10.6 Å². The van der Waals surface area contributed by atoms with E-state index in [1.165, 1.54) is 0 Å². The second-order valence-corrected chi connectivity index (χ2v) is 9.07. The average molecular weight is 538 g/mol. The Morgan fingerprint density at radius 1 is 1.41 bits per heavy atom. The number of aromatic nitrogens is 1. The minimum atomic E-state index is -4.42. The topological polar surface area (TPSA) is 66.4 Å². The molecule has 1 aromatic rings. The fraction of sp³-hybridized carbons (Fsp3) is 0.750. The lowest BCUT2D eigenvalue weighted by Crippen LogP contribution is -2.46. The zero-order chi connectivity index (χ0) is 19.2. The summed E-state index contributed by atoms with van der Waals surface area (Å²) in [5, 5.41) is 7.98. The van der Waals surface area contributed by atoms with Gasteiger partial charge in [-0.15, -0.1) is 35.3 Å². The molecule has 2 rings (SSSR count). The fourth-order valence-corrected chi connectivity index (χ4v) is 5.00. The van der Waals surface area contributed by atoms with Crippen LogP contribution in [-0.2, 0) is 23.5 Å². The molecule has 1 aliphatic carbocycles. The monoisotopic (exact) mass is 538 g/mol. The molecule has 0 saturated heterocycles. The molecule has 1 aliphatic rings. The summed E-state index contributed by atoms with van der Waals surface area (Å²) >= 11 is 0.956. The van der Waals surface area contributed by atoms with Crippen LogP contribution in [0.25, 0.3) is 0 Å². The lowest BCUT2D eigenvalue weighted by Gasteiger charge is -2.30. The number of hydrogen-bond donors (Lipinski definition) is 2. The second-order valence-electron chi connectivity index (χ2n) is 6.12. The molecule has 1 heterocycles. The third kappa shape index (κ3) is 7.84. The molecule has 156 valence electrons. The van der Waals surface area contributed by atoms with Gasteiger partial charge in [-0.25, -0.2) is 9.98 Å². The number of halogens is 4. The molecule has 11 heteroatoms. The van der Waals surface area contributed by atoms with Gasteiger partial charge >= 0.3 is 6.18 Å². The van der Waals surface area contributed by atoms with Gasteiger partial charge in [0, 0.05) is 39.8 Å². The van der Waals surface area contributed by atoms with Crippen molar-refractivity contribution in [1.29, 1.82) is 0 Å². The SMILES string of the molecule is CCNC(=NCc1nc(C(F)(F)F)cs1)NC1CCCC(S(=O)CC)C1.I. The first-order valence-electron chi connectivity index (χ1n) is 8.77. The van der Waals surface area contributed by atoms with Crippen LogP contribution in [0.1, 0.15) is 50.2 Å². The summed E-state index contributed by atoms with van der Waals surface area (Å²) < 4.78 is 49.9. The number of nitrogens with one attached hydrogen (secondary N) is 2. The van der Waals surface area contributed by atoms with Crippen molar-refractivity contribution < 1.29 is 17.4 Å². The first kappa shape index (κ1) is 24.6. The normalized spacial score (nSPS) is 22.0. The molecule has 3 atom stereocenters. The van der Waals surface area contributed by atoms with E-state index in [1.54, 1.807) is 0 Å². The highest BCUT2D eigenvalue weighted by Crippen LogP contribution is 2.30. The van der Waals surface area contributed by atoms with Gasteiger partial charge in [0.2, 0.25) is 0 Å². The molecule has 3 unspecified atom stereocenters. The maximum atomic E-state index is 12.6. The Hall–Kier alpha value is -0.430. The highest BCUT2D eigenvalue weighted by molar-refractivity contribution is 14.0. The highest BCUT2D eigenvalue weighted by atomic mass is 127. The van der Waals surface area contributed by atoms with Crippen molar-refractivity contribution in [2.24, 2.45) is 4.99 Å². The van der Waals surface area contributed by atoms with Crippen molar-refractivity contribution >= 4 is 52.1 Å². The molecule has 0 aliphatic heterocycles. The summed E-state index contributed by atoms with van der Waals surface area (Å²) in [7, 11) is -0.807. The number of nitrogens with zero attached hydrogens (tertiary/aromatic N) is 2. The van der Waals surface area contributed by atoms with Crippen LogP contribution in [-0.4, -0.2) is 38.7 Å². The van der Waals surface area contributed by atoms with Crippen LogP contribution in [0.4, 0.5) is 13.2 Å². The predicted octanol–water partition coefficient (Wildman–Crippen LogP) is 3.91. The molecule has 2 N–H and O–H groups in total. The van der Waals surface area contributed by atoms with Crippen molar-refractivity contribution in [3.05, 3.63) is 16.1 Å². The van der Waals surface area contributed by atoms with Gasteiger partial charge in [-0.2, -0.15) is 13.2 Å². The van der Waals surface area contributed by atoms with Gasteiger partial charge in [-0.1, -0.05) is 13.3 Å². The smallest absolute Gasteiger partial charge is 0.357 e. The van der Waals surface area contributed by atoms with Crippen LogP contribution in [0.2, 0.25) is 0 Å². The standard InChI is InChI=1S/C16H25F3N4OS2.HI/c1-3-20-15(21-9-14-23-13(10-25-14)16(17,18)19)22-11-6-5-7-12(8-11)26(24)4-2;/h10-12H,3-9H2,1-2H3,(H2,20,21,22);1H. The van der Waals surface area contributed by atoms with Gasteiger partial charge in [0.1, 0.15) is 5.01 Å². The highest BCUT2D eigenvalue weighted by Gasteiger charge is 2.33. The van der Waals surface area contributed by atoms with E-state index in [4.69, 9.17) is 0 Å². The van der Waals surface area contributed by atoms with Gasteiger partial charge in [0.15, 0.2) is 11.7 Å². The maximum Gasteiger partial charge on any atom is 0.434 e. The number of thiazole rings is 1.